The molecule has 5 nitrogen and oxygen atoms in total. The van der Waals surface area contributed by atoms with Gasteiger partial charge in [-0.3, -0.25) is 14.4 Å². The van der Waals surface area contributed by atoms with E-state index in [1.165, 1.54) is 0 Å². The molecule has 0 aromatic rings. The molecule has 0 amide bonds. The molecule has 1 rings (SSSR count). The van der Waals surface area contributed by atoms with Gasteiger partial charge < -0.3 is 9.47 Å². The van der Waals surface area contributed by atoms with Gasteiger partial charge in [-0.05, 0) is 32.6 Å². The van der Waals surface area contributed by atoms with Crippen LogP contribution in [0, 0.1) is 11.8 Å². The highest BCUT2D eigenvalue weighted by Gasteiger charge is 2.38. The van der Waals surface area contributed by atoms with Crippen molar-refractivity contribution in [1.82, 2.24) is 0 Å². The molecule has 0 radical (unpaired) electrons. The number of rotatable bonds is 6. The highest BCUT2D eigenvalue weighted by Crippen LogP contribution is 2.32. The summed E-state index contributed by atoms with van der Waals surface area (Å²) in [6, 6.07) is 0. The molecule has 2 atom stereocenters. The molecule has 0 N–H and O–H groups in total. The Morgan fingerprint density at radius 2 is 1.79 bits per heavy atom. The number of alkyl halides is 1. The van der Waals surface area contributed by atoms with Crippen LogP contribution in [-0.2, 0) is 23.9 Å². The summed E-state index contributed by atoms with van der Waals surface area (Å²) in [6.45, 7) is 3.76. The summed E-state index contributed by atoms with van der Waals surface area (Å²) in [4.78, 5) is 34.9. The monoisotopic (exact) mass is 290 g/mol. The molecule has 0 aromatic carbocycles. The Bertz CT molecular complexity index is 337. The maximum atomic E-state index is 11.8. The maximum absolute atomic E-state index is 11.8. The largest absolute Gasteiger partial charge is 0.465 e. The molecule has 1 aliphatic rings. The lowest BCUT2D eigenvalue weighted by molar-refractivity contribution is -0.162. The summed E-state index contributed by atoms with van der Waals surface area (Å²) in [7, 11) is 0. The van der Waals surface area contributed by atoms with E-state index in [0.29, 0.717) is 12.8 Å². The molecule has 2 unspecified atom stereocenters. The van der Waals surface area contributed by atoms with E-state index in [1.807, 2.05) is 0 Å². The number of carbonyl (C=O) groups excluding carboxylic acids is 3. The number of halogens is 1. The predicted octanol–water partition coefficient (Wildman–Crippen LogP) is 1.71. The zero-order valence-corrected chi connectivity index (χ0v) is 11.9. The first-order valence-corrected chi connectivity index (χ1v) is 6.93. The Balaban J connectivity index is 2.66. The average molecular weight is 291 g/mol. The first-order chi connectivity index (χ1) is 8.99. The molecular weight excluding hydrogens is 272 g/mol. The second-order valence-electron chi connectivity index (χ2n) is 4.53. The van der Waals surface area contributed by atoms with E-state index >= 15 is 0 Å². The maximum Gasteiger partial charge on any atom is 0.320 e. The van der Waals surface area contributed by atoms with Gasteiger partial charge in [0.2, 0.25) is 0 Å². The SMILES string of the molecule is CCOC(=O)C(CC1CC(=O)C(Cl)C1)C(=O)OCC. The zero-order chi connectivity index (χ0) is 14.4. The van der Waals surface area contributed by atoms with Crippen LogP contribution in [0.5, 0.6) is 0 Å². The lowest BCUT2D eigenvalue weighted by Gasteiger charge is -2.17. The topological polar surface area (TPSA) is 69.7 Å². The van der Waals surface area contributed by atoms with Gasteiger partial charge in [-0.15, -0.1) is 11.6 Å². The molecule has 0 saturated heterocycles. The van der Waals surface area contributed by atoms with Crippen LogP contribution < -0.4 is 0 Å². The van der Waals surface area contributed by atoms with E-state index in [0.717, 1.165) is 0 Å². The summed E-state index contributed by atoms with van der Waals surface area (Å²) in [5.41, 5.74) is 0. The molecule has 0 bridgehead atoms. The molecule has 1 saturated carbocycles. The van der Waals surface area contributed by atoms with Crippen molar-refractivity contribution in [2.45, 2.75) is 38.5 Å². The Hall–Kier alpha value is -1.10. The summed E-state index contributed by atoms with van der Waals surface area (Å²) in [5, 5.41) is -0.505. The summed E-state index contributed by atoms with van der Waals surface area (Å²) in [5.74, 6) is -2.23. The van der Waals surface area contributed by atoms with Crippen molar-refractivity contribution in [2.75, 3.05) is 13.2 Å². The second kappa shape index (κ2) is 7.48. The van der Waals surface area contributed by atoms with E-state index in [4.69, 9.17) is 21.1 Å². The molecule has 0 spiro atoms. The minimum Gasteiger partial charge on any atom is -0.465 e. The molecule has 0 aromatic heterocycles. The van der Waals surface area contributed by atoms with Crippen LogP contribution >= 0.6 is 11.6 Å². The summed E-state index contributed by atoms with van der Waals surface area (Å²) < 4.78 is 9.76. The molecule has 0 heterocycles. The predicted molar refractivity (Wildman–Crippen MR) is 68.7 cm³/mol. The number of ether oxygens (including phenoxy) is 2. The van der Waals surface area contributed by atoms with Gasteiger partial charge in [0.15, 0.2) is 11.7 Å². The van der Waals surface area contributed by atoms with Crippen molar-refractivity contribution in [3.8, 4) is 0 Å². The van der Waals surface area contributed by atoms with Gasteiger partial charge in [-0.2, -0.15) is 0 Å². The van der Waals surface area contributed by atoms with Crippen molar-refractivity contribution in [2.24, 2.45) is 11.8 Å². The van der Waals surface area contributed by atoms with Gasteiger partial charge in [0.05, 0.1) is 18.6 Å². The van der Waals surface area contributed by atoms with Crippen molar-refractivity contribution in [1.29, 1.82) is 0 Å². The summed E-state index contributed by atoms with van der Waals surface area (Å²) in [6.07, 6.45) is 1.06. The fourth-order valence-electron chi connectivity index (χ4n) is 2.21. The minimum absolute atomic E-state index is 0.0295. The molecule has 1 fully saturated rings. The molecule has 108 valence electrons. The van der Waals surface area contributed by atoms with Crippen LogP contribution in [-0.4, -0.2) is 36.3 Å². The number of ketones is 1. The van der Waals surface area contributed by atoms with Crippen LogP contribution in [0.25, 0.3) is 0 Å². The first-order valence-electron chi connectivity index (χ1n) is 6.49. The Morgan fingerprint density at radius 3 is 2.16 bits per heavy atom. The number of hydrogen-bond acceptors (Lipinski definition) is 5. The average Bonchev–Trinajstić information content (AvgIpc) is 2.66. The Labute approximate surface area is 117 Å². The third kappa shape index (κ3) is 4.49. The number of carbonyl (C=O) groups is 3. The Morgan fingerprint density at radius 1 is 1.26 bits per heavy atom. The van der Waals surface area contributed by atoms with Gasteiger partial charge in [-0.1, -0.05) is 0 Å². The van der Waals surface area contributed by atoms with Crippen LogP contribution in [0.2, 0.25) is 0 Å². The summed E-state index contributed by atoms with van der Waals surface area (Å²) >= 11 is 5.84. The first kappa shape index (κ1) is 16.0. The normalized spacial score (nSPS) is 22.6. The number of hydrogen-bond donors (Lipinski definition) is 0. The fourth-order valence-corrected chi connectivity index (χ4v) is 2.55. The van der Waals surface area contributed by atoms with Crippen molar-refractivity contribution < 1.29 is 23.9 Å². The molecule has 1 aliphatic carbocycles. The molecule has 19 heavy (non-hydrogen) atoms. The quantitative estimate of drug-likeness (QED) is 0.423. The number of esters is 2. The van der Waals surface area contributed by atoms with Gasteiger partial charge in [0, 0.05) is 6.42 Å². The van der Waals surface area contributed by atoms with Crippen LogP contribution in [0.1, 0.15) is 33.1 Å². The standard InChI is InChI=1S/C13H19ClO5/c1-3-18-12(16)9(13(17)19-4-2)5-8-6-10(14)11(15)7-8/h8-10H,3-7H2,1-2H3. The van der Waals surface area contributed by atoms with Gasteiger partial charge in [-0.25, -0.2) is 0 Å². The highest BCUT2D eigenvalue weighted by atomic mass is 35.5. The number of Topliss-reactive ketones (excluding diaryl/α,β-unsaturated/α-hetero) is 1. The molecule has 0 aliphatic heterocycles. The van der Waals surface area contributed by atoms with E-state index in [2.05, 4.69) is 0 Å². The van der Waals surface area contributed by atoms with Crippen molar-refractivity contribution >= 4 is 29.3 Å². The lowest BCUT2D eigenvalue weighted by atomic mass is 9.93. The lowest BCUT2D eigenvalue weighted by Crippen LogP contribution is -2.30. The Kier molecular flexibility index (Phi) is 6.28. The third-order valence-corrected chi connectivity index (χ3v) is 3.51. The van der Waals surface area contributed by atoms with E-state index in [1.54, 1.807) is 13.8 Å². The van der Waals surface area contributed by atoms with Crippen molar-refractivity contribution in [3.05, 3.63) is 0 Å². The zero-order valence-electron chi connectivity index (χ0n) is 11.2. The van der Waals surface area contributed by atoms with Gasteiger partial charge in [0.25, 0.3) is 0 Å². The molecule has 6 heteroatoms. The second-order valence-corrected chi connectivity index (χ2v) is 5.06. The van der Waals surface area contributed by atoms with E-state index < -0.39 is 23.2 Å². The minimum atomic E-state index is -0.959. The van der Waals surface area contributed by atoms with E-state index in [-0.39, 0.29) is 31.3 Å². The van der Waals surface area contributed by atoms with Gasteiger partial charge >= 0.3 is 11.9 Å². The smallest absolute Gasteiger partial charge is 0.320 e. The van der Waals surface area contributed by atoms with E-state index in [9.17, 15) is 14.4 Å². The third-order valence-electron chi connectivity index (χ3n) is 3.09. The van der Waals surface area contributed by atoms with Crippen LogP contribution in [0.4, 0.5) is 0 Å². The highest BCUT2D eigenvalue weighted by molar-refractivity contribution is 6.31. The van der Waals surface area contributed by atoms with Crippen LogP contribution in [0.15, 0.2) is 0 Å². The van der Waals surface area contributed by atoms with Crippen molar-refractivity contribution in [3.63, 3.8) is 0 Å². The molecular formula is C13H19ClO5. The van der Waals surface area contributed by atoms with Gasteiger partial charge in [0.1, 0.15) is 0 Å². The van der Waals surface area contributed by atoms with Crippen LogP contribution in [0.3, 0.4) is 0 Å². The fraction of sp³-hybridized carbons (Fsp3) is 0.769.